The van der Waals surface area contributed by atoms with Crippen molar-refractivity contribution in [2.45, 2.75) is 11.3 Å². The van der Waals surface area contributed by atoms with Crippen LogP contribution in [0.4, 0.5) is 4.39 Å². The van der Waals surface area contributed by atoms with Crippen molar-refractivity contribution in [3.05, 3.63) is 53.3 Å². The van der Waals surface area contributed by atoms with E-state index in [0.717, 1.165) is 23.8 Å². The molecule has 2 aromatic rings. The van der Waals surface area contributed by atoms with Crippen molar-refractivity contribution in [3.8, 4) is 11.5 Å². The second kappa shape index (κ2) is 7.30. The molecule has 0 saturated heterocycles. The number of sulfonamides is 1. The Labute approximate surface area is 149 Å². The molecular weight excluding hydrogens is 365 g/mol. The first-order valence-electron chi connectivity index (χ1n) is 7.78. The zero-order valence-corrected chi connectivity index (χ0v) is 14.4. The molecule has 1 aliphatic rings. The number of halogens is 1. The van der Waals surface area contributed by atoms with E-state index in [4.69, 9.17) is 14.6 Å². The van der Waals surface area contributed by atoms with Gasteiger partial charge < -0.3 is 14.6 Å². The van der Waals surface area contributed by atoms with Crippen molar-refractivity contribution in [2.24, 2.45) is 0 Å². The summed E-state index contributed by atoms with van der Waals surface area (Å²) in [6, 6.07) is 7.91. The van der Waals surface area contributed by atoms with Crippen LogP contribution in [0.2, 0.25) is 0 Å². The standard InChI is InChI=1S/C17H16FNO6S/c18-13-3-2-12(17(20)21)10-16(13)26(22,23)19-6-5-11-1-4-14-15(9-11)25-8-7-24-14/h1-4,9-10,19H,5-8H2,(H,20,21). The Hall–Kier alpha value is -2.65. The molecule has 0 aromatic heterocycles. The highest BCUT2D eigenvalue weighted by Crippen LogP contribution is 2.30. The molecule has 0 amide bonds. The lowest BCUT2D eigenvalue weighted by Gasteiger charge is -2.18. The number of hydrogen-bond acceptors (Lipinski definition) is 5. The number of carboxylic acid groups (broad SMARTS) is 1. The van der Waals surface area contributed by atoms with E-state index in [1.165, 1.54) is 0 Å². The Morgan fingerprint density at radius 3 is 2.58 bits per heavy atom. The fourth-order valence-corrected chi connectivity index (χ4v) is 3.63. The average molecular weight is 381 g/mol. The summed E-state index contributed by atoms with van der Waals surface area (Å²) in [7, 11) is -4.18. The highest BCUT2D eigenvalue weighted by molar-refractivity contribution is 7.89. The Balaban J connectivity index is 1.69. The van der Waals surface area contributed by atoms with Crippen LogP contribution in [0.15, 0.2) is 41.3 Å². The maximum absolute atomic E-state index is 13.8. The summed E-state index contributed by atoms with van der Waals surface area (Å²) in [4.78, 5) is 10.3. The van der Waals surface area contributed by atoms with Crippen molar-refractivity contribution in [1.29, 1.82) is 0 Å². The van der Waals surface area contributed by atoms with Gasteiger partial charge in [0, 0.05) is 6.54 Å². The SMILES string of the molecule is O=C(O)c1ccc(F)c(S(=O)(=O)NCCc2ccc3c(c2)OCCO3)c1. The summed E-state index contributed by atoms with van der Waals surface area (Å²) in [5, 5.41) is 8.93. The monoisotopic (exact) mass is 381 g/mol. The molecule has 7 nitrogen and oxygen atoms in total. The molecule has 0 radical (unpaired) electrons. The Bertz CT molecular complexity index is 944. The molecule has 0 bridgehead atoms. The van der Waals surface area contributed by atoms with Crippen molar-refractivity contribution in [2.75, 3.05) is 19.8 Å². The highest BCUT2D eigenvalue weighted by atomic mass is 32.2. The molecule has 0 aliphatic carbocycles. The van der Waals surface area contributed by atoms with Crippen LogP contribution < -0.4 is 14.2 Å². The lowest BCUT2D eigenvalue weighted by atomic mass is 10.1. The van der Waals surface area contributed by atoms with Gasteiger partial charge in [-0.2, -0.15) is 0 Å². The third-order valence-corrected chi connectivity index (χ3v) is 5.26. The topological polar surface area (TPSA) is 102 Å². The van der Waals surface area contributed by atoms with Crippen LogP contribution in [0, 0.1) is 5.82 Å². The molecule has 9 heteroatoms. The van der Waals surface area contributed by atoms with Gasteiger partial charge in [-0.25, -0.2) is 22.3 Å². The Morgan fingerprint density at radius 2 is 1.85 bits per heavy atom. The summed E-state index contributed by atoms with van der Waals surface area (Å²) in [5.41, 5.74) is 0.510. The van der Waals surface area contributed by atoms with Gasteiger partial charge in [0.2, 0.25) is 10.0 Å². The maximum Gasteiger partial charge on any atom is 0.335 e. The molecule has 138 valence electrons. The number of aromatic carboxylic acids is 1. The van der Waals surface area contributed by atoms with Gasteiger partial charge in [0.15, 0.2) is 11.5 Å². The van der Waals surface area contributed by atoms with Crippen molar-refractivity contribution >= 4 is 16.0 Å². The number of benzene rings is 2. The van der Waals surface area contributed by atoms with E-state index in [1.54, 1.807) is 18.2 Å². The third-order valence-electron chi connectivity index (χ3n) is 3.78. The lowest BCUT2D eigenvalue weighted by Crippen LogP contribution is -2.27. The zero-order valence-electron chi connectivity index (χ0n) is 13.6. The van der Waals surface area contributed by atoms with Crippen LogP contribution in [0.5, 0.6) is 11.5 Å². The van der Waals surface area contributed by atoms with E-state index in [-0.39, 0.29) is 12.1 Å². The Morgan fingerprint density at radius 1 is 1.12 bits per heavy atom. The third kappa shape index (κ3) is 3.94. The van der Waals surface area contributed by atoms with Crippen LogP contribution in [-0.2, 0) is 16.4 Å². The van der Waals surface area contributed by atoms with E-state index >= 15 is 0 Å². The number of carbonyl (C=O) groups is 1. The number of carboxylic acids is 1. The second-order valence-corrected chi connectivity index (χ2v) is 7.31. The summed E-state index contributed by atoms with van der Waals surface area (Å²) in [6.07, 6.45) is 0.343. The number of nitrogens with one attached hydrogen (secondary N) is 1. The quantitative estimate of drug-likeness (QED) is 0.791. The molecule has 0 spiro atoms. The number of hydrogen-bond donors (Lipinski definition) is 2. The van der Waals surface area contributed by atoms with Gasteiger partial charge in [-0.05, 0) is 42.3 Å². The zero-order chi connectivity index (χ0) is 18.7. The van der Waals surface area contributed by atoms with E-state index in [9.17, 15) is 17.6 Å². The lowest BCUT2D eigenvalue weighted by molar-refractivity contribution is 0.0696. The molecule has 26 heavy (non-hydrogen) atoms. The van der Waals surface area contributed by atoms with Crippen LogP contribution in [0.3, 0.4) is 0 Å². The number of rotatable bonds is 6. The van der Waals surface area contributed by atoms with Crippen LogP contribution in [0.25, 0.3) is 0 Å². The van der Waals surface area contributed by atoms with Gasteiger partial charge >= 0.3 is 5.97 Å². The molecule has 0 unspecified atom stereocenters. The first-order chi connectivity index (χ1) is 12.4. The van der Waals surface area contributed by atoms with Gasteiger partial charge in [-0.15, -0.1) is 0 Å². The molecular formula is C17H16FNO6S. The highest BCUT2D eigenvalue weighted by Gasteiger charge is 2.21. The normalized spacial score (nSPS) is 13.4. The number of fused-ring (bicyclic) bond motifs is 1. The van der Waals surface area contributed by atoms with Crippen molar-refractivity contribution in [3.63, 3.8) is 0 Å². The largest absolute Gasteiger partial charge is 0.486 e. The Kier molecular flexibility index (Phi) is 5.10. The minimum Gasteiger partial charge on any atom is -0.486 e. The van der Waals surface area contributed by atoms with Gasteiger partial charge in [-0.3, -0.25) is 0 Å². The van der Waals surface area contributed by atoms with Crippen molar-refractivity contribution in [1.82, 2.24) is 4.72 Å². The molecule has 0 saturated carbocycles. The molecule has 2 N–H and O–H groups in total. The summed E-state index contributed by atoms with van der Waals surface area (Å²) in [6.45, 7) is 0.939. The van der Waals surface area contributed by atoms with E-state index < -0.39 is 26.7 Å². The maximum atomic E-state index is 13.8. The summed E-state index contributed by atoms with van der Waals surface area (Å²) in [5.74, 6) is -1.12. The van der Waals surface area contributed by atoms with E-state index in [2.05, 4.69) is 4.72 Å². The van der Waals surface area contributed by atoms with Crippen LogP contribution in [-0.4, -0.2) is 39.3 Å². The molecule has 3 rings (SSSR count). The fourth-order valence-electron chi connectivity index (χ4n) is 2.49. The fraction of sp³-hybridized carbons (Fsp3) is 0.235. The first kappa shape index (κ1) is 18.2. The average Bonchev–Trinajstić information content (AvgIpc) is 2.61. The molecule has 0 atom stereocenters. The second-order valence-electron chi connectivity index (χ2n) is 5.58. The van der Waals surface area contributed by atoms with Crippen LogP contribution >= 0.6 is 0 Å². The van der Waals surface area contributed by atoms with Gasteiger partial charge in [-0.1, -0.05) is 6.07 Å². The van der Waals surface area contributed by atoms with Gasteiger partial charge in [0.25, 0.3) is 0 Å². The van der Waals surface area contributed by atoms with Gasteiger partial charge in [0.1, 0.15) is 23.9 Å². The minimum absolute atomic E-state index is 0.0126. The predicted octanol–water partition coefficient (Wildman–Crippen LogP) is 1.82. The smallest absolute Gasteiger partial charge is 0.335 e. The van der Waals surface area contributed by atoms with Gasteiger partial charge in [0.05, 0.1) is 5.56 Å². The van der Waals surface area contributed by atoms with E-state index in [0.29, 0.717) is 31.1 Å². The minimum atomic E-state index is -4.18. The molecule has 2 aromatic carbocycles. The van der Waals surface area contributed by atoms with E-state index in [1.807, 2.05) is 0 Å². The molecule has 1 aliphatic heterocycles. The first-order valence-corrected chi connectivity index (χ1v) is 9.26. The predicted molar refractivity (Wildman–Crippen MR) is 89.7 cm³/mol. The van der Waals surface area contributed by atoms with Crippen molar-refractivity contribution < 1.29 is 32.2 Å². The molecule has 1 heterocycles. The van der Waals surface area contributed by atoms with Crippen LogP contribution in [0.1, 0.15) is 15.9 Å². The number of ether oxygens (including phenoxy) is 2. The molecule has 0 fully saturated rings. The summed E-state index contributed by atoms with van der Waals surface area (Å²) < 4.78 is 51.5. The summed E-state index contributed by atoms with van der Waals surface area (Å²) >= 11 is 0.